The molecule has 1 aliphatic carbocycles. The minimum absolute atomic E-state index is 0.0145. The predicted octanol–water partition coefficient (Wildman–Crippen LogP) is 3.48. The summed E-state index contributed by atoms with van der Waals surface area (Å²) >= 11 is 0. The second-order valence-corrected chi connectivity index (χ2v) is 9.27. The van der Waals surface area contributed by atoms with E-state index in [1.165, 1.54) is 19.3 Å². The van der Waals surface area contributed by atoms with Crippen LogP contribution in [-0.2, 0) is 12.5 Å². The van der Waals surface area contributed by atoms with Gasteiger partial charge in [0.25, 0.3) is 0 Å². The zero-order chi connectivity index (χ0) is 21.3. The summed E-state index contributed by atoms with van der Waals surface area (Å²) in [6.07, 6.45) is 7.66. The molecule has 0 amide bonds. The van der Waals surface area contributed by atoms with Gasteiger partial charge in [-0.05, 0) is 18.8 Å². The van der Waals surface area contributed by atoms with Crippen LogP contribution < -0.4 is 10.6 Å². The third kappa shape index (κ3) is 4.26. The van der Waals surface area contributed by atoms with Crippen molar-refractivity contribution < 1.29 is 5.11 Å². The summed E-state index contributed by atoms with van der Waals surface area (Å²) in [6.45, 7) is 6.55. The SMILES string of the molecule is Cn1nc(Nc2nc(N[C@H](CO)C3CCCCC3)nc3[nH]ncc23)cc1C(C)(C)C. The molecule has 3 aromatic heterocycles. The summed E-state index contributed by atoms with van der Waals surface area (Å²) in [4.78, 5) is 9.26. The second-order valence-electron chi connectivity index (χ2n) is 9.27. The molecule has 30 heavy (non-hydrogen) atoms. The highest BCUT2D eigenvalue weighted by Crippen LogP contribution is 2.30. The van der Waals surface area contributed by atoms with Crippen LogP contribution in [-0.4, -0.2) is 47.7 Å². The van der Waals surface area contributed by atoms with E-state index in [0.717, 1.165) is 29.7 Å². The van der Waals surface area contributed by atoms with Crippen molar-refractivity contribution in [3.63, 3.8) is 0 Å². The Kier molecular flexibility index (Phi) is 5.64. The molecule has 1 saturated carbocycles. The van der Waals surface area contributed by atoms with E-state index in [0.29, 0.717) is 23.3 Å². The molecule has 4 N–H and O–H groups in total. The molecule has 1 atom stereocenters. The maximum Gasteiger partial charge on any atom is 0.227 e. The Morgan fingerprint density at radius 3 is 2.67 bits per heavy atom. The number of aliphatic hydroxyl groups is 1. The molecule has 0 unspecified atom stereocenters. The molecule has 0 saturated heterocycles. The lowest BCUT2D eigenvalue weighted by molar-refractivity contribution is 0.209. The Hall–Kier alpha value is -2.68. The van der Waals surface area contributed by atoms with Crippen LogP contribution in [0.5, 0.6) is 0 Å². The molecular formula is C21H32N8O. The van der Waals surface area contributed by atoms with Crippen molar-refractivity contribution in [2.75, 3.05) is 17.2 Å². The van der Waals surface area contributed by atoms with E-state index in [-0.39, 0.29) is 18.1 Å². The van der Waals surface area contributed by atoms with E-state index in [9.17, 15) is 5.11 Å². The van der Waals surface area contributed by atoms with E-state index in [2.05, 4.69) is 51.7 Å². The number of hydrogen-bond donors (Lipinski definition) is 4. The number of fused-ring (bicyclic) bond motifs is 1. The van der Waals surface area contributed by atoms with Crippen molar-refractivity contribution in [3.05, 3.63) is 18.0 Å². The highest BCUT2D eigenvalue weighted by atomic mass is 16.3. The number of aliphatic hydroxyl groups excluding tert-OH is 1. The zero-order valence-corrected chi connectivity index (χ0v) is 18.2. The lowest BCUT2D eigenvalue weighted by atomic mass is 9.84. The predicted molar refractivity (Wildman–Crippen MR) is 118 cm³/mol. The van der Waals surface area contributed by atoms with Gasteiger partial charge in [-0.1, -0.05) is 40.0 Å². The van der Waals surface area contributed by atoms with E-state index >= 15 is 0 Å². The molecule has 1 aliphatic rings. The van der Waals surface area contributed by atoms with Crippen LogP contribution in [0.1, 0.15) is 58.6 Å². The molecule has 0 bridgehead atoms. The number of aromatic amines is 1. The molecule has 9 heteroatoms. The topological polar surface area (TPSA) is 117 Å². The van der Waals surface area contributed by atoms with Gasteiger partial charge in [-0.25, -0.2) is 0 Å². The van der Waals surface area contributed by atoms with Crippen molar-refractivity contribution in [1.82, 2.24) is 29.9 Å². The highest BCUT2D eigenvalue weighted by molar-refractivity contribution is 5.88. The second kappa shape index (κ2) is 8.22. The Balaban J connectivity index is 1.61. The van der Waals surface area contributed by atoms with Crippen LogP contribution in [0, 0.1) is 5.92 Å². The molecule has 9 nitrogen and oxygen atoms in total. The van der Waals surface area contributed by atoms with Crippen LogP contribution in [0.25, 0.3) is 11.0 Å². The van der Waals surface area contributed by atoms with Gasteiger partial charge >= 0.3 is 0 Å². The van der Waals surface area contributed by atoms with Gasteiger partial charge in [-0.2, -0.15) is 20.2 Å². The first-order chi connectivity index (χ1) is 14.3. The van der Waals surface area contributed by atoms with Gasteiger partial charge in [-0.3, -0.25) is 9.78 Å². The standard InChI is InChI=1S/C21H32N8O/c1-21(2,3)16-10-17(28-29(16)4)24-18-14-11-22-27-19(14)26-20(25-18)23-15(12-30)13-8-6-5-7-9-13/h10-11,13,15,30H,5-9,12H2,1-4H3,(H3,22,23,24,25,26,27,28)/t15-/m1/s1. The van der Waals surface area contributed by atoms with Crippen molar-refractivity contribution in [3.8, 4) is 0 Å². The number of nitrogens with one attached hydrogen (secondary N) is 3. The van der Waals surface area contributed by atoms with Gasteiger partial charge in [0.15, 0.2) is 11.5 Å². The van der Waals surface area contributed by atoms with Crippen LogP contribution in [0.2, 0.25) is 0 Å². The summed E-state index contributed by atoms with van der Waals surface area (Å²) in [5, 5.41) is 29.1. The first kappa shape index (κ1) is 20.6. The fourth-order valence-corrected chi connectivity index (χ4v) is 4.36. The van der Waals surface area contributed by atoms with Crippen LogP contribution in [0.3, 0.4) is 0 Å². The van der Waals surface area contributed by atoms with E-state index in [4.69, 9.17) is 4.98 Å². The fourth-order valence-electron chi connectivity index (χ4n) is 4.36. The molecule has 4 rings (SSSR count). The minimum Gasteiger partial charge on any atom is -0.394 e. The molecule has 0 radical (unpaired) electrons. The van der Waals surface area contributed by atoms with Gasteiger partial charge < -0.3 is 15.7 Å². The molecule has 1 fully saturated rings. The van der Waals surface area contributed by atoms with Gasteiger partial charge in [-0.15, -0.1) is 0 Å². The molecule has 162 valence electrons. The van der Waals surface area contributed by atoms with E-state index in [1.54, 1.807) is 6.20 Å². The third-order valence-corrected chi connectivity index (χ3v) is 5.93. The minimum atomic E-state index is -0.0548. The lowest BCUT2D eigenvalue weighted by Gasteiger charge is -2.29. The number of hydrogen-bond acceptors (Lipinski definition) is 7. The molecule has 0 spiro atoms. The molecule has 3 heterocycles. The van der Waals surface area contributed by atoms with Gasteiger partial charge in [0.05, 0.1) is 24.2 Å². The largest absolute Gasteiger partial charge is 0.394 e. The summed E-state index contributed by atoms with van der Waals surface area (Å²) in [5.74, 6) is 2.27. The quantitative estimate of drug-likeness (QED) is 0.490. The summed E-state index contributed by atoms with van der Waals surface area (Å²) in [7, 11) is 1.95. The molecular weight excluding hydrogens is 380 g/mol. The number of nitrogens with zero attached hydrogens (tertiary/aromatic N) is 5. The summed E-state index contributed by atoms with van der Waals surface area (Å²) in [6, 6.07) is 1.99. The van der Waals surface area contributed by atoms with E-state index in [1.807, 2.05) is 17.8 Å². The van der Waals surface area contributed by atoms with E-state index < -0.39 is 0 Å². The van der Waals surface area contributed by atoms with Crippen molar-refractivity contribution in [1.29, 1.82) is 0 Å². The monoisotopic (exact) mass is 412 g/mol. The maximum atomic E-state index is 9.96. The number of aromatic nitrogens is 6. The highest BCUT2D eigenvalue weighted by Gasteiger charge is 2.25. The Bertz CT molecular complexity index is 996. The van der Waals surface area contributed by atoms with Crippen LogP contribution in [0.15, 0.2) is 12.3 Å². The number of rotatable bonds is 6. The number of anilines is 3. The molecule has 0 aliphatic heterocycles. The third-order valence-electron chi connectivity index (χ3n) is 5.93. The maximum absolute atomic E-state index is 9.96. The smallest absolute Gasteiger partial charge is 0.227 e. The fraction of sp³-hybridized carbons (Fsp3) is 0.619. The lowest BCUT2D eigenvalue weighted by Crippen LogP contribution is -2.34. The zero-order valence-electron chi connectivity index (χ0n) is 18.2. The Labute approximate surface area is 176 Å². The van der Waals surface area contributed by atoms with Crippen LogP contribution in [0.4, 0.5) is 17.6 Å². The Morgan fingerprint density at radius 1 is 1.23 bits per heavy atom. The average molecular weight is 413 g/mol. The normalized spacial score (nSPS) is 16.7. The molecule has 3 aromatic rings. The summed E-state index contributed by atoms with van der Waals surface area (Å²) < 4.78 is 1.89. The number of aryl methyl sites for hydroxylation is 1. The van der Waals surface area contributed by atoms with Crippen molar-refractivity contribution in [2.45, 2.75) is 64.3 Å². The van der Waals surface area contributed by atoms with Gasteiger partial charge in [0.2, 0.25) is 5.95 Å². The molecule has 0 aromatic carbocycles. The number of H-pyrrole nitrogens is 1. The first-order valence-electron chi connectivity index (χ1n) is 10.7. The summed E-state index contributed by atoms with van der Waals surface area (Å²) in [5.41, 5.74) is 1.75. The van der Waals surface area contributed by atoms with Crippen molar-refractivity contribution >= 4 is 28.6 Å². The van der Waals surface area contributed by atoms with Gasteiger partial charge in [0.1, 0.15) is 5.82 Å². The van der Waals surface area contributed by atoms with Crippen LogP contribution >= 0.6 is 0 Å². The van der Waals surface area contributed by atoms with Crippen molar-refractivity contribution in [2.24, 2.45) is 13.0 Å². The first-order valence-corrected chi connectivity index (χ1v) is 10.7. The average Bonchev–Trinajstić information content (AvgIpc) is 3.33. The Morgan fingerprint density at radius 2 is 2.00 bits per heavy atom. The van der Waals surface area contributed by atoms with Gasteiger partial charge in [0, 0.05) is 24.2 Å².